The lowest BCUT2D eigenvalue weighted by Gasteiger charge is -2.16. The van der Waals surface area contributed by atoms with E-state index in [1.807, 2.05) is 48.5 Å². The van der Waals surface area contributed by atoms with Crippen molar-refractivity contribution in [2.75, 3.05) is 13.6 Å². The van der Waals surface area contributed by atoms with E-state index >= 15 is 0 Å². The molecule has 0 aliphatic rings. The number of amides is 2. The van der Waals surface area contributed by atoms with Crippen LogP contribution in [0, 0.1) is 0 Å². The summed E-state index contributed by atoms with van der Waals surface area (Å²) in [6.45, 7) is 0.353. The van der Waals surface area contributed by atoms with E-state index < -0.39 is 0 Å². The zero-order valence-corrected chi connectivity index (χ0v) is 14.1. The van der Waals surface area contributed by atoms with Crippen molar-refractivity contribution in [2.45, 2.75) is 13.0 Å². The molecule has 5 heteroatoms. The van der Waals surface area contributed by atoms with Gasteiger partial charge >= 0.3 is 0 Å². The molecule has 0 aliphatic heterocycles. The van der Waals surface area contributed by atoms with Crippen LogP contribution in [0.3, 0.4) is 0 Å². The van der Waals surface area contributed by atoms with Gasteiger partial charge in [-0.3, -0.25) is 9.59 Å². The van der Waals surface area contributed by atoms with E-state index in [1.54, 1.807) is 19.4 Å². The first kappa shape index (κ1) is 16.8. The molecule has 0 aliphatic carbocycles. The van der Waals surface area contributed by atoms with Crippen LogP contribution in [-0.2, 0) is 22.6 Å². The van der Waals surface area contributed by atoms with Gasteiger partial charge in [-0.2, -0.15) is 0 Å². The standard InChI is InChI=1S/C20H20N2O3/c1-22(14-17-9-5-11-25-17)20(24)13-21-19(23)12-16-8-4-7-15-6-2-3-10-18(15)16/h2-11H,12-14H2,1H3,(H,21,23). The Morgan fingerprint density at radius 1 is 1.04 bits per heavy atom. The Hall–Kier alpha value is -3.08. The first-order valence-corrected chi connectivity index (χ1v) is 8.13. The third-order valence-corrected chi connectivity index (χ3v) is 4.07. The zero-order valence-electron chi connectivity index (χ0n) is 14.1. The number of furan rings is 1. The highest BCUT2D eigenvalue weighted by Crippen LogP contribution is 2.18. The lowest BCUT2D eigenvalue weighted by molar-refractivity contribution is -0.132. The van der Waals surface area contributed by atoms with E-state index in [0.717, 1.165) is 16.3 Å². The molecule has 3 aromatic rings. The van der Waals surface area contributed by atoms with Crippen LogP contribution in [0.4, 0.5) is 0 Å². The van der Waals surface area contributed by atoms with Crippen LogP contribution in [0.25, 0.3) is 10.8 Å². The van der Waals surface area contributed by atoms with Gasteiger partial charge in [-0.05, 0) is 28.5 Å². The molecule has 2 amide bonds. The van der Waals surface area contributed by atoms with Crippen molar-refractivity contribution in [3.63, 3.8) is 0 Å². The summed E-state index contributed by atoms with van der Waals surface area (Å²) in [6, 6.07) is 17.4. The number of fused-ring (bicyclic) bond motifs is 1. The zero-order chi connectivity index (χ0) is 17.6. The Balaban J connectivity index is 1.54. The summed E-state index contributed by atoms with van der Waals surface area (Å²) in [5.41, 5.74) is 0.951. The highest BCUT2D eigenvalue weighted by molar-refractivity contribution is 5.91. The number of hydrogen-bond acceptors (Lipinski definition) is 3. The number of nitrogens with zero attached hydrogens (tertiary/aromatic N) is 1. The Bertz CT molecular complexity index is 866. The fraction of sp³-hybridized carbons (Fsp3) is 0.200. The molecule has 1 aromatic heterocycles. The number of benzene rings is 2. The van der Waals surface area contributed by atoms with Gasteiger partial charge in [0.05, 0.1) is 25.8 Å². The van der Waals surface area contributed by atoms with Crippen LogP contribution in [0.5, 0.6) is 0 Å². The molecular weight excluding hydrogens is 316 g/mol. The Kier molecular flexibility index (Phi) is 5.14. The average molecular weight is 336 g/mol. The molecule has 0 spiro atoms. The molecule has 128 valence electrons. The molecule has 0 fully saturated rings. The summed E-state index contributed by atoms with van der Waals surface area (Å²) in [6.07, 6.45) is 1.82. The molecule has 0 unspecified atom stereocenters. The Labute approximate surface area is 146 Å². The minimum absolute atomic E-state index is 0.0270. The molecule has 3 rings (SSSR count). The van der Waals surface area contributed by atoms with Gasteiger partial charge in [0.25, 0.3) is 0 Å². The topological polar surface area (TPSA) is 62.6 Å². The minimum atomic E-state index is -0.170. The predicted octanol–water partition coefficient (Wildman–Crippen LogP) is 2.75. The Morgan fingerprint density at radius 2 is 1.84 bits per heavy atom. The van der Waals surface area contributed by atoms with Gasteiger partial charge in [-0.25, -0.2) is 0 Å². The van der Waals surface area contributed by atoms with Crippen molar-refractivity contribution >= 4 is 22.6 Å². The molecule has 0 bridgehead atoms. The van der Waals surface area contributed by atoms with Crippen LogP contribution in [0.2, 0.25) is 0 Å². The maximum Gasteiger partial charge on any atom is 0.242 e. The molecule has 0 saturated heterocycles. The van der Waals surface area contributed by atoms with Crippen LogP contribution in [0.15, 0.2) is 65.3 Å². The molecule has 0 saturated carbocycles. The van der Waals surface area contributed by atoms with Gasteiger partial charge in [0, 0.05) is 7.05 Å². The summed E-state index contributed by atoms with van der Waals surface area (Å²) in [5.74, 6) is 0.372. The molecule has 0 atom stereocenters. The second kappa shape index (κ2) is 7.66. The van der Waals surface area contributed by atoms with Crippen molar-refractivity contribution in [3.8, 4) is 0 Å². The lowest BCUT2D eigenvalue weighted by atomic mass is 10.0. The van der Waals surface area contributed by atoms with Crippen molar-refractivity contribution in [3.05, 3.63) is 72.2 Å². The van der Waals surface area contributed by atoms with Gasteiger partial charge in [-0.1, -0.05) is 42.5 Å². The van der Waals surface area contributed by atoms with Gasteiger partial charge in [0.15, 0.2) is 0 Å². The second-order valence-electron chi connectivity index (χ2n) is 5.92. The number of carbonyl (C=O) groups is 2. The average Bonchev–Trinajstić information content (AvgIpc) is 3.13. The van der Waals surface area contributed by atoms with Gasteiger partial charge < -0.3 is 14.6 Å². The van der Waals surface area contributed by atoms with Crippen LogP contribution < -0.4 is 5.32 Å². The number of carbonyl (C=O) groups excluding carboxylic acids is 2. The van der Waals surface area contributed by atoms with Crippen LogP contribution in [0.1, 0.15) is 11.3 Å². The molecule has 1 heterocycles. The quantitative estimate of drug-likeness (QED) is 0.753. The second-order valence-corrected chi connectivity index (χ2v) is 5.92. The van der Waals surface area contributed by atoms with Crippen LogP contribution in [-0.4, -0.2) is 30.3 Å². The fourth-order valence-electron chi connectivity index (χ4n) is 2.72. The molecular formula is C20H20N2O3. The highest BCUT2D eigenvalue weighted by atomic mass is 16.3. The number of nitrogens with one attached hydrogen (secondary N) is 1. The lowest BCUT2D eigenvalue weighted by Crippen LogP contribution is -2.38. The summed E-state index contributed by atoms with van der Waals surface area (Å²) in [4.78, 5) is 25.8. The van der Waals surface area contributed by atoms with Gasteiger partial charge in [0.2, 0.25) is 11.8 Å². The van der Waals surface area contributed by atoms with E-state index in [4.69, 9.17) is 4.42 Å². The number of hydrogen-bond donors (Lipinski definition) is 1. The summed E-state index contributed by atoms with van der Waals surface area (Å²) in [7, 11) is 1.68. The molecule has 1 N–H and O–H groups in total. The van der Waals surface area contributed by atoms with Crippen molar-refractivity contribution in [2.24, 2.45) is 0 Å². The molecule has 25 heavy (non-hydrogen) atoms. The maximum atomic E-state index is 12.2. The SMILES string of the molecule is CN(Cc1ccco1)C(=O)CNC(=O)Cc1cccc2ccccc12. The van der Waals surface area contributed by atoms with Crippen molar-refractivity contribution in [1.82, 2.24) is 10.2 Å². The van der Waals surface area contributed by atoms with E-state index in [-0.39, 0.29) is 24.8 Å². The first-order chi connectivity index (χ1) is 12.1. The van der Waals surface area contributed by atoms with E-state index in [1.165, 1.54) is 4.90 Å². The third-order valence-electron chi connectivity index (χ3n) is 4.07. The fourth-order valence-corrected chi connectivity index (χ4v) is 2.72. The smallest absolute Gasteiger partial charge is 0.242 e. The highest BCUT2D eigenvalue weighted by Gasteiger charge is 2.13. The molecule has 2 aromatic carbocycles. The largest absolute Gasteiger partial charge is 0.467 e. The summed E-state index contributed by atoms with van der Waals surface area (Å²) >= 11 is 0. The third kappa shape index (κ3) is 4.26. The van der Waals surface area contributed by atoms with Crippen LogP contribution >= 0.6 is 0 Å². The number of likely N-dealkylation sites (N-methyl/N-ethyl adjacent to an activating group) is 1. The minimum Gasteiger partial charge on any atom is -0.467 e. The van der Waals surface area contributed by atoms with Gasteiger partial charge in [-0.15, -0.1) is 0 Å². The van der Waals surface area contributed by atoms with Gasteiger partial charge in [0.1, 0.15) is 5.76 Å². The normalized spacial score (nSPS) is 10.6. The van der Waals surface area contributed by atoms with E-state index in [2.05, 4.69) is 5.32 Å². The molecule has 0 radical (unpaired) electrons. The number of rotatable bonds is 6. The monoisotopic (exact) mass is 336 g/mol. The summed E-state index contributed by atoms with van der Waals surface area (Å²) in [5, 5.41) is 4.85. The van der Waals surface area contributed by atoms with Crippen molar-refractivity contribution < 1.29 is 14.0 Å². The summed E-state index contributed by atoms with van der Waals surface area (Å²) < 4.78 is 5.22. The predicted molar refractivity (Wildman–Crippen MR) is 95.8 cm³/mol. The van der Waals surface area contributed by atoms with E-state index in [0.29, 0.717) is 12.3 Å². The Morgan fingerprint density at radius 3 is 2.64 bits per heavy atom. The van der Waals surface area contributed by atoms with E-state index in [9.17, 15) is 9.59 Å². The molecule has 5 nitrogen and oxygen atoms in total. The van der Waals surface area contributed by atoms with Crippen molar-refractivity contribution in [1.29, 1.82) is 0 Å². The maximum absolute atomic E-state index is 12.2. The first-order valence-electron chi connectivity index (χ1n) is 8.13.